The van der Waals surface area contributed by atoms with E-state index in [9.17, 15) is 9.59 Å². The Morgan fingerprint density at radius 2 is 0.721 bits per heavy atom. The maximum Gasteiger partial charge on any atom is 0.332 e. The van der Waals surface area contributed by atoms with Crippen molar-refractivity contribution >= 4 is 105 Å². The molecular weight excluding hydrogens is 769 g/mol. The molecule has 6 aromatic rings. The van der Waals surface area contributed by atoms with E-state index in [4.69, 9.17) is 34.1 Å². The van der Waals surface area contributed by atoms with Gasteiger partial charge in [-0.3, -0.25) is 0 Å². The van der Waals surface area contributed by atoms with Gasteiger partial charge in [-0.2, -0.15) is 0 Å². The number of aromatic amines is 4. The van der Waals surface area contributed by atoms with Crippen LogP contribution in [-0.4, -0.2) is 65.0 Å². The first-order chi connectivity index (χ1) is 29.7. The van der Waals surface area contributed by atoms with Gasteiger partial charge in [-0.15, -0.1) is 0 Å². The first-order valence-electron chi connectivity index (χ1n) is 19.8. The highest BCUT2D eigenvalue weighted by Gasteiger charge is 2.19. The lowest BCUT2D eigenvalue weighted by Crippen LogP contribution is -2.20. The molecule has 4 aliphatic heterocycles. The van der Waals surface area contributed by atoms with Crippen LogP contribution >= 0.6 is 0 Å². The number of fused-ring (bicyclic) bond motifs is 16. The number of ether oxygens (including phenoxy) is 3. The van der Waals surface area contributed by atoms with Gasteiger partial charge < -0.3 is 34.1 Å². The van der Waals surface area contributed by atoms with Crippen molar-refractivity contribution in [2.45, 2.75) is 26.1 Å². The average Bonchev–Trinajstić information content (AvgIpc) is 4.07. The van der Waals surface area contributed by atoms with E-state index in [2.05, 4.69) is 19.9 Å². The molecule has 0 aliphatic carbocycles. The summed E-state index contributed by atoms with van der Waals surface area (Å²) in [6.07, 6.45) is 14.2. The highest BCUT2D eigenvalue weighted by Crippen LogP contribution is 2.28. The average molecular weight is 807 g/mol. The number of carbonyl (C=O) groups excluding carboxylic acids is 2. The van der Waals surface area contributed by atoms with Gasteiger partial charge in [0.1, 0.15) is 25.4 Å². The van der Waals surface area contributed by atoms with Crippen LogP contribution in [0, 0.1) is 0 Å². The maximum atomic E-state index is 13.1. The lowest BCUT2D eigenvalue weighted by molar-refractivity contribution is -0.160. The van der Waals surface area contributed by atoms with Crippen molar-refractivity contribution < 1.29 is 23.8 Å². The lowest BCUT2D eigenvalue weighted by atomic mass is 10.1. The molecule has 16 bridgehead atoms. The SMILES string of the molecule is CC(OC(=O)COCC(=O)OC(C)c1cc2cc3nc(cc4ccc(cc5nc(cc1[nH]2)C=C5)[nH]4)C=C3)c1cc2cc3nc(cc4ccc(cc5nc(cc1[nH]2)C=C5)[nH]4)C=C3. The van der Waals surface area contributed by atoms with Crippen LogP contribution in [0.15, 0.2) is 84.9 Å². The lowest BCUT2D eigenvalue weighted by Gasteiger charge is -2.14. The molecule has 4 aliphatic rings. The highest BCUT2D eigenvalue weighted by molar-refractivity contribution is 5.81. The Morgan fingerprint density at radius 1 is 0.426 bits per heavy atom. The molecule has 6 aromatic heterocycles. The predicted octanol–water partition coefficient (Wildman–Crippen LogP) is 9.55. The van der Waals surface area contributed by atoms with Gasteiger partial charge in [0.15, 0.2) is 0 Å². The summed E-state index contributed by atoms with van der Waals surface area (Å²) in [7, 11) is 0. The Morgan fingerprint density at radius 3 is 1.05 bits per heavy atom. The Bertz CT molecular complexity index is 3020. The molecule has 0 fully saturated rings. The van der Waals surface area contributed by atoms with Gasteiger partial charge in [0, 0.05) is 55.3 Å². The van der Waals surface area contributed by atoms with Crippen LogP contribution in [0.5, 0.6) is 0 Å². The van der Waals surface area contributed by atoms with Crippen LogP contribution < -0.4 is 0 Å². The predicted molar refractivity (Wildman–Crippen MR) is 238 cm³/mol. The number of aromatic nitrogens is 8. The quantitative estimate of drug-likeness (QED) is 0.109. The van der Waals surface area contributed by atoms with Gasteiger partial charge in [0.25, 0.3) is 0 Å². The molecule has 2 unspecified atom stereocenters. The molecule has 13 heteroatoms. The summed E-state index contributed by atoms with van der Waals surface area (Å²) in [6, 6.07) is 27.5. The number of carbonyl (C=O) groups is 2. The topological polar surface area (TPSA) is 177 Å². The summed E-state index contributed by atoms with van der Waals surface area (Å²) in [5.74, 6) is -1.27. The summed E-state index contributed by atoms with van der Waals surface area (Å²) in [5.41, 5.74) is 14.5. The second-order valence-corrected chi connectivity index (χ2v) is 15.0. The fourth-order valence-electron chi connectivity index (χ4n) is 7.56. The second-order valence-electron chi connectivity index (χ2n) is 15.0. The third-order valence-corrected chi connectivity index (χ3v) is 10.3. The van der Waals surface area contributed by atoms with Gasteiger partial charge in [-0.1, -0.05) is 0 Å². The van der Waals surface area contributed by atoms with Gasteiger partial charge in [-0.25, -0.2) is 29.5 Å². The van der Waals surface area contributed by atoms with E-state index in [-0.39, 0.29) is 0 Å². The molecule has 61 heavy (non-hydrogen) atoms. The van der Waals surface area contributed by atoms with E-state index in [0.717, 1.165) is 101 Å². The number of hydrogen-bond donors (Lipinski definition) is 4. The van der Waals surface area contributed by atoms with Crippen molar-refractivity contribution in [3.05, 3.63) is 142 Å². The van der Waals surface area contributed by atoms with Gasteiger partial charge in [-0.05, 0) is 147 Å². The van der Waals surface area contributed by atoms with Crippen molar-refractivity contribution in [2.24, 2.45) is 0 Å². The van der Waals surface area contributed by atoms with Crippen LogP contribution in [0.3, 0.4) is 0 Å². The molecule has 0 saturated carbocycles. The van der Waals surface area contributed by atoms with Crippen LogP contribution in [0.25, 0.3) is 92.7 Å². The van der Waals surface area contributed by atoms with E-state index in [0.29, 0.717) is 0 Å². The van der Waals surface area contributed by atoms with Crippen molar-refractivity contribution in [1.82, 2.24) is 39.9 Å². The van der Waals surface area contributed by atoms with Crippen molar-refractivity contribution in [1.29, 1.82) is 0 Å². The van der Waals surface area contributed by atoms with Gasteiger partial charge in [0.05, 0.1) is 45.6 Å². The molecule has 2 atom stereocenters. The summed E-state index contributed by atoms with van der Waals surface area (Å²) in [6.45, 7) is 2.68. The minimum absolute atomic E-state index is 0.447. The maximum absolute atomic E-state index is 13.1. The van der Waals surface area contributed by atoms with Crippen LogP contribution in [-0.2, 0) is 23.8 Å². The van der Waals surface area contributed by atoms with Crippen molar-refractivity contribution in [3.8, 4) is 0 Å². The molecule has 300 valence electrons. The second kappa shape index (κ2) is 15.7. The van der Waals surface area contributed by atoms with Crippen molar-refractivity contribution in [3.63, 3.8) is 0 Å². The molecule has 4 N–H and O–H groups in total. The smallest absolute Gasteiger partial charge is 0.332 e. The molecule has 10 heterocycles. The van der Waals surface area contributed by atoms with E-state index in [1.807, 2.05) is 134 Å². The molecule has 0 aromatic carbocycles. The number of nitrogens with one attached hydrogen (secondary N) is 4. The van der Waals surface area contributed by atoms with Crippen LogP contribution in [0.1, 0.15) is 82.7 Å². The molecule has 0 amide bonds. The number of H-pyrrole nitrogens is 4. The standard InChI is InChI=1S/C48H38N8O5/c1-27(43-21-41-19-37-9-7-33(51-37)15-29-3-5-31(49-29)17-35-11-13-39(53-35)23-45(43)55-41)60-47(57)25-59-26-48(58)61-28(2)44-22-42-20-38-10-8-34(52-38)16-30-4-6-32(50-30)18-36-12-14-40(54-36)24-46(44)56-42/h3-24,27-28,49-50,55-56H,25-26H2,1-2H3. The Kier molecular flexibility index (Phi) is 9.62. The van der Waals surface area contributed by atoms with E-state index < -0.39 is 37.4 Å². The fraction of sp³-hybridized carbons (Fsp3) is 0.125. The van der Waals surface area contributed by atoms with Gasteiger partial charge in [0.2, 0.25) is 0 Å². The number of hydrogen-bond acceptors (Lipinski definition) is 9. The largest absolute Gasteiger partial charge is 0.456 e. The first kappa shape index (κ1) is 37.4. The summed E-state index contributed by atoms with van der Waals surface area (Å²) in [5, 5.41) is 0. The van der Waals surface area contributed by atoms with E-state index in [1.54, 1.807) is 13.8 Å². The Labute approximate surface area is 348 Å². The molecule has 13 nitrogen and oxygen atoms in total. The molecule has 10 rings (SSSR count). The summed E-state index contributed by atoms with van der Waals surface area (Å²) < 4.78 is 17.1. The Balaban J connectivity index is 0.836. The van der Waals surface area contributed by atoms with E-state index in [1.165, 1.54) is 0 Å². The van der Waals surface area contributed by atoms with E-state index >= 15 is 0 Å². The Hall–Kier alpha value is -7.90. The zero-order chi connectivity index (χ0) is 41.5. The molecule has 0 radical (unpaired) electrons. The summed E-state index contributed by atoms with van der Waals surface area (Å²) >= 11 is 0. The third-order valence-electron chi connectivity index (χ3n) is 10.3. The number of esters is 2. The molecule has 0 spiro atoms. The molecular formula is C48H38N8O5. The number of nitrogens with zero attached hydrogens (tertiary/aromatic N) is 4. The number of rotatable bonds is 8. The normalized spacial score (nSPS) is 13.7. The monoisotopic (exact) mass is 806 g/mol. The van der Waals surface area contributed by atoms with Crippen LogP contribution in [0.4, 0.5) is 0 Å². The molecule has 0 saturated heterocycles. The van der Waals surface area contributed by atoms with Crippen molar-refractivity contribution in [2.75, 3.05) is 13.2 Å². The third kappa shape index (κ3) is 8.49. The fourth-order valence-corrected chi connectivity index (χ4v) is 7.56. The van der Waals surface area contributed by atoms with Gasteiger partial charge >= 0.3 is 11.9 Å². The zero-order valence-corrected chi connectivity index (χ0v) is 33.1. The summed E-state index contributed by atoms with van der Waals surface area (Å²) in [4.78, 5) is 58.8. The zero-order valence-electron chi connectivity index (χ0n) is 33.1. The van der Waals surface area contributed by atoms with Crippen LogP contribution in [0.2, 0.25) is 0 Å². The highest BCUT2D eigenvalue weighted by atomic mass is 16.6. The minimum atomic E-state index is -0.661. The minimum Gasteiger partial charge on any atom is -0.456 e. The first-order valence-corrected chi connectivity index (χ1v) is 19.8.